The number of aromatic nitrogens is 7. The zero-order chi connectivity index (χ0) is 41.7. The first-order chi connectivity index (χ1) is 27.5. The highest BCUT2D eigenvalue weighted by Crippen LogP contribution is 2.45. The molecule has 1 unspecified atom stereocenters. The van der Waals surface area contributed by atoms with E-state index in [1.165, 1.54) is 11.9 Å². The Balaban J connectivity index is 1.40. The number of halogens is 7. The van der Waals surface area contributed by atoms with E-state index in [0.717, 1.165) is 18.0 Å². The predicted molar refractivity (Wildman–Crippen MR) is 210 cm³/mol. The van der Waals surface area contributed by atoms with E-state index in [1.54, 1.807) is 48.4 Å². The average molecular weight is 840 g/mol. The van der Waals surface area contributed by atoms with E-state index >= 15 is 8.78 Å². The summed E-state index contributed by atoms with van der Waals surface area (Å²) in [5.74, 6) is 1.42. The van der Waals surface area contributed by atoms with Gasteiger partial charge in [0.25, 0.3) is 12.3 Å². The zero-order valence-corrected chi connectivity index (χ0v) is 33.3. The molecule has 18 heteroatoms. The Bertz CT molecular complexity index is 2610. The summed E-state index contributed by atoms with van der Waals surface area (Å²) in [6.07, 6.45) is 0.864. The number of benzene rings is 2. The van der Waals surface area contributed by atoms with Crippen molar-refractivity contribution < 1.29 is 31.1 Å². The van der Waals surface area contributed by atoms with Gasteiger partial charge in [-0.3, -0.25) is 14.2 Å². The topological polar surface area (TPSA) is 107 Å². The summed E-state index contributed by atoms with van der Waals surface area (Å²) in [6, 6.07) is 8.53. The first kappa shape index (κ1) is 40.7. The molecule has 0 bridgehead atoms. The van der Waals surface area contributed by atoms with Gasteiger partial charge in [0.2, 0.25) is 5.91 Å². The number of aryl methyl sites for hydroxylation is 2. The van der Waals surface area contributed by atoms with Gasteiger partial charge >= 0.3 is 0 Å². The van der Waals surface area contributed by atoms with E-state index in [1.807, 2.05) is 31.6 Å². The molecule has 4 heterocycles. The van der Waals surface area contributed by atoms with Gasteiger partial charge in [0, 0.05) is 54.9 Å². The highest BCUT2D eigenvalue weighted by Gasteiger charge is 2.46. The first-order valence-electron chi connectivity index (χ1n) is 18.0. The lowest BCUT2D eigenvalue weighted by Gasteiger charge is -2.23. The number of alkyl halides is 4. The van der Waals surface area contributed by atoms with Gasteiger partial charge in [-0.15, -0.1) is 0 Å². The van der Waals surface area contributed by atoms with E-state index in [9.17, 15) is 22.4 Å². The summed E-state index contributed by atoms with van der Waals surface area (Å²) in [7, 11) is 1.72. The second-order valence-corrected chi connectivity index (χ2v) is 15.4. The van der Waals surface area contributed by atoms with Crippen molar-refractivity contribution in [2.45, 2.75) is 70.5 Å². The Kier molecular flexibility index (Phi) is 11.0. The number of carbonyl (C=O) groups is 1. The highest BCUT2D eigenvalue weighted by atomic mass is 35.5. The van der Waals surface area contributed by atoms with Crippen LogP contribution in [-0.4, -0.2) is 46.3 Å². The molecule has 2 N–H and O–H groups in total. The minimum atomic E-state index is -3.49. The number of imidazole rings is 1. The van der Waals surface area contributed by atoms with Crippen LogP contribution >= 0.6 is 23.5 Å². The Labute approximate surface area is 338 Å². The molecule has 0 saturated heterocycles. The van der Waals surface area contributed by atoms with E-state index in [4.69, 9.17) is 16.6 Å². The summed E-state index contributed by atoms with van der Waals surface area (Å²) in [5, 5.41) is 12.1. The quantitative estimate of drug-likeness (QED) is 0.0763. The van der Waals surface area contributed by atoms with Gasteiger partial charge in [0.05, 0.1) is 27.7 Å². The van der Waals surface area contributed by atoms with Gasteiger partial charge in [-0.1, -0.05) is 35.5 Å². The largest absolute Gasteiger partial charge is 0.346 e. The lowest BCUT2D eigenvalue weighted by Crippen LogP contribution is -2.35. The number of amides is 1. The third kappa shape index (κ3) is 7.87. The van der Waals surface area contributed by atoms with Gasteiger partial charge in [-0.2, -0.15) is 19.0 Å². The fourth-order valence-corrected chi connectivity index (χ4v) is 8.05. The maximum Gasteiger partial charge on any atom is 0.290 e. The molecule has 1 aliphatic carbocycles. The fraction of sp³-hybridized carbons (Fsp3) is 0.325. The Morgan fingerprint density at radius 1 is 1.07 bits per heavy atom. The SMILES string of the molecule is CSNc1nn(C)c2c(-c3ccc(C#CC(C)(C)n4ccnc4C)nc3C(Cc3cc(F)cc(F)c3)NC(=O)Cn3nc(C(F)F)c4c3C(F)(F)CC4)ccc(Cl)c12. The van der Waals surface area contributed by atoms with Crippen molar-refractivity contribution in [1.29, 1.82) is 0 Å². The number of nitrogens with one attached hydrogen (secondary N) is 2. The monoisotopic (exact) mass is 839 g/mol. The second kappa shape index (κ2) is 15.7. The van der Waals surface area contributed by atoms with Crippen LogP contribution < -0.4 is 10.0 Å². The molecule has 10 nitrogen and oxygen atoms in total. The van der Waals surface area contributed by atoms with Crippen LogP contribution in [0.25, 0.3) is 22.0 Å². The fourth-order valence-electron chi connectivity index (χ4n) is 7.47. The van der Waals surface area contributed by atoms with Crippen molar-refractivity contribution in [2.75, 3.05) is 11.0 Å². The van der Waals surface area contributed by atoms with Crippen LogP contribution in [0, 0.1) is 30.4 Å². The molecule has 1 atom stereocenters. The molecule has 302 valence electrons. The maximum atomic E-state index is 15.0. The number of pyridine rings is 1. The highest BCUT2D eigenvalue weighted by molar-refractivity contribution is 7.99. The third-order valence-corrected chi connectivity index (χ3v) is 10.6. The molecule has 58 heavy (non-hydrogen) atoms. The summed E-state index contributed by atoms with van der Waals surface area (Å²) in [6.45, 7) is 4.78. The number of anilines is 1. The van der Waals surface area contributed by atoms with Gasteiger partial charge in [0.15, 0.2) is 5.82 Å². The van der Waals surface area contributed by atoms with Crippen LogP contribution in [0.5, 0.6) is 0 Å². The molecule has 1 aliphatic rings. The van der Waals surface area contributed by atoms with Crippen molar-refractivity contribution in [3.8, 4) is 23.0 Å². The van der Waals surface area contributed by atoms with Crippen LogP contribution in [0.3, 0.4) is 0 Å². The Hall–Kier alpha value is -5.47. The molecule has 4 aromatic heterocycles. The lowest BCUT2D eigenvalue weighted by molar-refractivity contribution is -0.122. The van der Waals surface area contributed by atoms with E-state index < -0.39 is 65.8 Å². The number of carbonyl (C=O) groups excluding carboxylic acids is 1. The van der Waals surface area contributed by atoms with Crippen LogP contribution in [0.15, 0.2) is 54.9 Å². The van der Waals surface area contributed by atoms with Crippen LogP contribution in [0.4, 0.5) is 32.2 Å². The van der Waals surface area contributed by atoms with Gasteiger partial charge in [-0.05, 0) is 75.4 Å². The number of hydrogen-bond donors (Lipinski definition) is 2. The molecule has 0 fully saturated rings. The minimum absolute atomic E-state index is 0.128. The summed E-state index contributed by atoms with van der Waals surface area (Å²) in [5.41, 5.74) is -0.412. The van der Waals surface area contributed by atoms with Crippen molar-refractivity contribution in [2.24, 2.45) is 7.05 Å². The number of nitrogens with zero attached hydrogens (tertiary/aromatic N) is 7. The standard InChI is InChI=1S/C40H36ClF6N9OS/c1-21-48-14-15-55(21)39(2,3)12-10-25-6-7-26(27-8-9-29(41)32-35(27)54(4)52-38(32)53-58-5)33(49-25)30(18-22-16-23(42)19-24(43)17-22)50-31(57)20-56-36-28(11-13-40(36,46)47)34(51-56)37(44)45/h6-9,14-17,19,30,37H,11,13,18,20H2,1-5H3,(H,50,57)(H,52,53). The molecular weight excluding hydrogens is 804 g/mol. The molecule has 2 aromatic carbocycles. The zero-order valence-electron chi connectivity index (χ0n) is 31.8. The molecular formula is C40H36ClF6N9OS. The van der Waals surface area contributed by atoms with E-state index in [-0.39, 0.29) is 35.4 Å². The molecule has 0 spiro atoms. The minimum Gasteiger partial charge on any atom is -0.346 e. The van der Waals surface area contributed by atoms with E-state index in [2.05, 4.69) is 37.1 Å². The van der Waals surface area contributed by atoms with Gasteiger partial charge in [-0.25, -0.2) is 27.5 Å². The lowest BCUT2D eigenvalue weighted by atomic mass is 9.93. The summed E-state index contributed by atoms with van der Waals surface area (Å²) < 4.78 is 94.5. The summed E-state index contributed by atoms with van der Waals surface area (Å²) >= 11 is 8.03. The van der Waals surface area contributed by atoms with Crippen molar-refractivity contribution in [3.63, 3.8) is 0 Å². The normalized spacial score (nSPS) is 14.1. The molecule has 0 saturated carbocycles. The van der Waals surface area contributed by atoms with Crippen molar-refractivity contribution in [3.05, 3.63) is 111 Å². The third-order valence-electron chi connectivity index (χ3n) is 9.92. The van der Waals surface area contributed by atoms with Crippen LogP contribution in [0.1, 0.15) is 72.5 Å². The van der Waals surface area contributed by atoms with Crippen LogP contribution in [0.2, 0.25) is 5.02 Å². The van der Waals surface area contributed by atoms with Gasteiger partial charge in [0.1, 0.15) is 46.6 Å². The summed E-state index contributed by atoms with van der Waals surface area (Å²) in [4.78, 5) is 23.2. The maximum absolute atomic E-state index is 15.0. The average Bonchev–Trinajstić information content (AvgIpc) is 3.91. The van der Waals surface area contributed by atoms with Gasteiger partial charge < -0.3 is 14.6 Å². The van der Waals surface area contributed by atoms with Crippen molar-refractivity contribution >= 4 is 46.2 Å². The smallest absolute Gasteiger partial charge is 0.290 e. The predicted octanol–water partition coefficient (Wildman–Crippen LogP) is 8.82. The molecule has 6 aromatic rings. The van der Waals surface area contributed by atoms with Crippen LogP contribution in [-0.2, 0) is 42.7 Å². The molecule has 0 aliphatic heterocycles. The second-order valence-electron chi connectivity index (χ2n) is 14.4. The first-order valence-corrected chi connectivity index (χ1v) is 19.6. The Morgan fingerprint density at radius 2 is 1.79 bits per heavy atom. The molecule has 0 radical (unpaired) electrons. The number of fused-ring (bicyclic) bond motifs is 2. The number of hydrogen-bond acceptors (Lipinski definition) is 7. The Morgan fingerprint density at radius 3 is 2.47 bits per heavy atom. The van der Waals surface area contributed by atoms with E-state index in [0.29, 0.717) is 43.6 Å². The van der Waals surface area contributed by atoms with Crippen molar-refractivity contribution in [1.82, 2.24) is 39.4 Å². The molecule has 7 rings (SSSR count). The molecule has 1 amide bonds. The number of rotatable bonds is 11.